The van der Waals surface area contributed by atoms with Gasteiger partial charge < -0.3 is 13.7 Å². The topological polar surface area (TPSA) is 49.4 Å². The van der Waals surface area contributed by atoms with Crippen molar-refractivity contribution < 1.29 is 13.7 Å². The van der Waals surface area contributed by atoms with Crippen molar-refractivity contribution in [3.05, 3.63) is 115 Å². The van der Waals surface area contributed by atoms with Crippen molar-refractivity contribution in [2.24, 2.45) is 0 Å². The monoisotopic (exact) mass is 586 g/mol. The quantitative estimate of drug-likeness (QED) is 0.194. The molecule has 0 N–H and O–H groups in total. The van der Waals surface area contributed by atoms with E-state index in [1.165, 1.54) is 10.8 Å². The minimum absolute atomic E-state index is 0.399. The van der Waals surface area contributed by atoms with Crippen LogP contribution in [0.3, 0.4) is 0 Å². The minimum Gasteiger partial charge on any atom is -0.437 e. The second-order valence-corrected chi connectivity index (χ2v) is 13.0. The van der Waals surface area contributed by atoms with Gasteiger partial charge in [0.2, 0.25) is 5.71 Å². The molecular formula is C39H31BN2O3. The zero-order chi connectivity index (χ0) is 30.5. The van der Waals surface area contributed by atoms with Crippen molar-refractivity contribution in [3.8, 4) is 16.9 Å². The zero-order valence-electron chi connectivity index (χ0n) is 25.7. The van der Waals surface area contributed by atoms with E-state index in [1.807, 2.05) is 6.07 Å². The number of benzene rings is 5. The molecule has 0 unspecified atom stereocenters. The Morgan fingerprint density at radius 2 is 1.27 bits per heavy atom. The number of nitrogens with zero attached hydrogens (tertiary/aromatic N) is 2. The summed E-state index contributed by atoms with van der Waals surface area (Å²) in [6, 6.07) is 40.2. The van der Waals surface area contributed by atoms with Crippen LogP contribution >= 0.6 is 0 Å². The summed E-state index contributed by atoms with van der Waals surface area (Å²) in [6.07, 6.45) is 0. The summed E-state index contributed by atoms with van der Waals surface area (Å²) in [5.41, 5.74) is 6.69. The highest BCUT2D eigenvalue weighted by molar-refractivity contribution is 6.62. The van der Waals surface area contributed by atoms with E-state index in [-0.39, 0.29) is 0 Å². The Hall–Kier alpha value is -4.91. The Morgan fingerprint density at radius 3 is 2.04 bits per heavy atom. The van der Waals surface area contributed by atoms with Crippen molar-refractivity contribution in [2.45, 2.75) is 38.9 Å². The van der Waals surface area contributed by atoms with Gasteiger partial charge in [-0.3, -0.25) is 4.57 Å². The maximum Gasteiger partial charge on any atom is 0.494 e. The summed E-state index contributed by atoms with van der Waals surface area (Å²) in [7, 11) is -0.424. The Bertz CT molecular complexity index is 2430. The fourth-order valence-electron chi connectivity index (χ4n) is 6.81. The van der Waals surface area contributed by atoms with Crippen LogP contribution in [0.2, 0.25) is 0 Å². The molecule has 5 nitrogen and oxygen atoms in total. The average molecular weight is 587 g/mol. The Morgan fingerprint density at radius 1 is 0.622 bits per heavy atom. The smallest absolute Gasteiger partial charge is 0.437 e. The van der Waals surface area contributed by atoms with Crippen LogP contribution in [0, 0.1) is 0 Å². The first-order valence-corrected chi connectivity index (χ1v) is 15.5. The maximum atomic E-state index is 7.00. The van der Waals surface area contributed by atoms with Gasteiger partial charge in [-0.05, 0) is 56.7 Å². The molecule has 218 valence electrons. The molecule has 9 rings (SSSR count). The van der Waals surface area contributed by atoms with Crippen LogP contribution in [0.15, 0.2) is 120 Å². The maximum absolute atomic E-state index is 7.00. The van der Waals surface area contributed by atoms with Crippen LogP contribution in [0.5, 0.6) is 0 Å². The molecule has 1 saturated heterocycles. The molecule has 0 radical (unpaired) electrons. The van der Waals surface area contributed by atoms with Crippen LogP contribution in [-0.4, -0.2) is 27.9 Å². The summed E-state index contributed by atoms with van der Waals surface area (Å²) in [5, 5.41) is 6.76. The minimum atomic E-state index is -0.424. The fraction of sp³-hybridized carbons (Fsp3) is 0.154. The summed E-state index contributed by atoms with van der Waals surface area (Å²) in [4.78, 5) is 5.19. The SMILES string of the molecule is CC1(C)OB(c2ccc(-c3nc4ccccc4c4c3oc3c4c4ccccc4n3-c3cccc4ccccc34)cc2)OC1(C)C. The van der Waals surface area contributed by atoms with Gasteiger partial charge in [0.15, 0.2) is 5.58 Å². The number of aromatic nitrogens is 2. The molecule has 3 aromatic heterocycles. The predicted octanol–water partition coefficient (Wildman–Crippen LogP) is 9.20. The van der Waals surface area contributed by atoms with E-state index in [0.717, 1.165) is 66.3 Å². The van der Waals surface area contributed by atoms with Crippen LogP contribution in [0.4, 0.5) is 0 Å². The number of furan rings is 1. The molecule has 1 aliphatic heterocycles. The molecule has 0 spiro atoms. The van der Waals surface area contributed by atoms with Gasteiger partial charge in [0.05, 0.1) is 33.3 Å². The molecule has 0 bridgehead atoms. The van der Waals surface area contributed by atoms with E-state index in [0.29, 0.717) is 0 Å². The highest BCUT2D eigenvalue weighted by Crippen LogP contribution is 2.45. The second-order valence-electron chi connectivity index (χ2n) is 13.0. The number of para-hydroxylation sites is 2. The van der Waals surface area contributed by atoms with Crippen LogP contribution < -0.4 is 5.46 Å². The first-order chi connectivity index (χ1) is 21.8. The highest BCUT2D eigenvalue weighted by Gasteiger charge is 2.51. The number of hydrogen-bond acceptors (Lipinski definition) is 4. The van der Waals surface area contributed by atoms with Crippen LogP contribution in [0.25, 0.3) is 71.6 Å². The summed E-state index contributed by atoms with van der Waals surface area (Å²) in [5.74, 6) is 0. The van der Waals surface area contributed by atoms with Crippen molar-refractivity contribution in [3.63, 3.8) is 0 Å². The third-order valence-corrected chi connectivity index (χ3v) is 9.84. The summed E-state index contributed by atoms with van der Waals surface area (Å²) in [6.45, 7) is 8.31. The molecule has 0 aliphatic carbocycles. The molecule has 45 heavy (non-hydrogen) atoms. The lowest BCUT2D eigenvalue weighted by Crippen LogP contribution is -2.41. The first kappa shape index (κ1) is 26.5. The third-order valence-electron chi connectivity index (χ3n) is 9.84. The van der Waals surface area contributed by atoms with Crippen molar-refractivity contribution in [2.75, 3.05) is 0 Å². The molecule has 4 heterocycles. The number of pyridine rings is 1. The fourth-order valence-corrected chi connectivity index (χ4v) is 6.81. The van der Waals surface area contributed by atoms with Gasteiger partial charge in [0, 0.05) is 27.1 Å². The number of rotatable bonds is 3. The van der Waals surface area contributed by atoms with E-state index in [9.17, 15) is 0 Å². The van der Waals surface area contributed by atoms with E-state index >= 15 is 0 Å². The van der Waals surface area contributed by atoms with E-state index in [1.54, 1.807) is 0 Å². The summed E-state index contributed by atoms with van der Waals surface area (Å²) < 4.78 is 21.9. The molecule has 6 heteroatoms. The molecule has 0 atom stereocenters. The average Bonchev–Trinajstić information content (AvgIpc) is 3.66. The van der Waals surface area contributed by atoms with Gasteiger partial charge in [-0.25, -0.2) is 4.98 Å². The van der Waals surface area contributed by atoms with Gasteiger partial charge >= 0.3 is 7.12 Å². The molecule has 0 amide bonds. The molecule has 1 aliphatic rings. The van der Waals surface area contributed by atoms with Crippen molar-refractivity contribution in [1.29, 1.82) is 0 Å². The standard InChI is InChI=1S/C39H31BN2O3/c1-38(2)39(3,4)45-40(44-38)26-22-20-25(21-23-26)35-36-33(28-15-7-9-17-30(28)41-35)34-29-16-8-10-18-32(29)42(37(34)43-36)31-19-11-13-24-12-5-6-14-27(24)31/h5-23H,1-4H3. The Kier molecular flexibility index (Phi) is 5.48. The highest BCUT2D eigenvalue weighted by atomic mass is 16.7. The number of fused-ring (bicyclic) bond motifs is 8. The molecule has 1 fully saturated rings. The lowest BCUT2D eigenvalue weighted by Gasteiger charge is -2.32. The number of hydrogen-bond donors (Lipinski definition) is 0. The normalized spacial score (nSPS) is 16.1. The van der Waals surface area contributed by atoms with Crippen molar-refractivity contribution >= 4 is 67.2 Å². The lowest BCUT2D eigenvalue weighted by atomic mass is 9.78. The van der Waals surface area contributed by atoms with Crippen molar-refractivity contribution in [1.82, 2.24) is 9.55 Å². The zero-order valence-corrected chi connectivity index (χ0v) is 25.7. The van der Waals surface area contributed by atoms with Gasteiger partial charge in [0.25, 0.3) is 0 Å². The van der Waals surface area contributed by atoms with Gasteiger partial charge in [-0.2, -0.15) is 0 Å². The van der Waals surface area contributed by atoms with E-state index in [2.05, 4.69) is 141 Å². The summed E-state index contributed by atoms with van der Waals surface area (Å²) >= 11 is 0. The first-order valence-electron chi connectivity index (χ1n) is 15.5. The second kappa shape index (κ2) is 9.30. The Labute approximate surface area is 261 Å². The largest absolute Gasteiger partial charge is 0.494 e. The lowest BCUT2D eigenvalue weighted by molar-refractivity contribution is 0.00578. The molecular weight excluding hydrogens is 555 g/mol. The van der Waals surface area contributed by atoms with Crippen LogP contribution in [-0.2, 0) is 9.31 Å². The van der Waals surface area contributed by atoms with Gasteiger partial charge in [0.1, 0.15) is 5.69 Å². The van der Waals surface area contributed by atoms with Gasteiger partial charge in [-0.1, -0.05) is 97.1 Å². The predicted molar refractivity (Wildman–Crippen MR) is 185 cm³/mol. The van der Waals surface area contributed by atoms with E-state index in [4.69, 9.17) is 18.7 Å². The third kappa shape index (κ3) is 3.79. The Balaban J connectivity index is 1.31. The molecule has 5 aromatic carbocycles. The molecule has 8 aromatic rings. The molecule has 0 saturated carbocycles. The van der Waals surface area contributed by atoms with Gasteiger partial charge in [-0.15, -0.1) is 0 Å². The van der Waals surface area contributed by atoms with Crippen LogP contribution in [0.1, 0.15) is 27.7 Å². The van der Waals surface area contributed by atoms with E-state index < -0.39 is 18.3 Å².